The standard InChI is InChI=1S/C18H20O3/c1-4-5-13-6-8-17(20-2)15(10-13)16-11-14(12-19)7-9-18(16)21-3/h6-12H,4-5H2,1-3H3. The van der Waals surface area contributed by atoms with Gasteiger partial charge in [0.25, 0.3) is 0 Å². The third-order valence-electron chi connectivity index (χ3n) is 3.45. The van der Waals surface area contributed by atoms with Gasteiger partial charge in [-0.05, 0) is 42.3 Å². The first-order valence-corrected chi connectivity index (χ1v) is 7.04. The van der Waals surface area contributed by atoms with Gasteiger partial charge in [0, 0.05) is 16.7 Å². The molecule has 3 nitrogen and oxygen atoms in total. The Kier molecular flexibility index (Phi) is 4.99. The summed E-state index contributed by atoms with van der Waals surface area (Å²) in [6.45, 7) is 2.15. The van der Waals surface area contributed by atoms with Crippen molar-refractivity contribution in [2.45, 2.75) is 19.8 Å². The number of hydrogen-bond donors (Lipinski definition) is 0. The second-order valence-corrected chi connectivity index (χ2v) is 4.86. The van der Waals surface area contributed by atoms with Gasteiger partial charge >= 0.3 is 0 Å². The van der Waals surface area contributed by atoms with Crippen molar-refractivity contribution < 1.29 is 14.3 Å². The number of aryl methyl sites for hydroxylation is 1. The topological polar surface area (TPSA) is 35.5 Å². The average molecular weight is 284 g/mol. The van der Waals surface area contributed by atoms with Crippen LogP contribution >= 0.6 is 0 Å². The van der Waals surface area contributed by atoms with E-state index in [0.29, 0.717) is 5.56 Å². The van der Waals surface area contributed by atoms with Crippen LogP contribution in [0.15, 0.2) is 36.4 Å². The minimum absolute atomic E-state index is 0.619. The van der Waals surface area contributed by atoms with E-state index in [1.54, 1.807) is 20.3 Å². The zero-order valence-electron chi connectivity index (χ0n) is 12.7. The molecule has 0 fully saturated rings. The fourth-order valence-corrected chi connectivity index (χ4v) is 2.42. The number of carbonyl (C=O) groups is 1. The van der Waals surface area contributed by atoms with Crippen LogP contribution in [0.4, 0.5) is 0 Å². The van der Waals surface area contributed by atoms with Gasteiger partial charge < -0.3 is 9.47 Å². The van der Waals surface area contributed by atoms with E-state index >= 15 is 0 Å². The minimum atomic E-state index is 0.619. The zero-order valence-corrected chi connectivity index (χ0v) is 12.7. The number of benzene rings is 2. The fraction of sp³-hybridized carbons (Fsp3) is 0.278. The second kappa shape index (κ2) is 6.93. The molecular weight excluding hydrogens is 264 g/mol. The van der Waals surface area contributed by atoms with Crippen molar-refractivity contribution in [1.29, 1.82) is 0 Å². The molecule has 0 aliphatic heterocycles. The highest BCUT2D eigenvalue weighted by Gasteiger charge is 2.13. The molecule has 0 bridgehead atoms. The Morgan fingerprint density at radius 3 is 2.14 bits per heavy atom. The monoisotopic (exact) mass is 284 g/mol. The van der Waals surface area contributed by atoms with Gasteiger partial charge in [0.1, 0.15) is 17.8 Å². The number of hydrogen-bond acceptors (Lipinski definition) is 3. The van der Waals surface area contributed by atoms with Crippen molar-refractivity contribution in [3.8, 4) is 22.6 Å². The van der Waals surface area contributed by atoms with Crippen LogP contribution in [0.2, 0.25) is 0 Å². The fourth-order valence-electron chi connectivity index (χ4n) is 2.42. The first-order valence-electron chi connectivity index (χ1n) is 7.04. The molecule has 0 saturated carbocycles. The SMILES string of the molecule is CCCc1ccc(OC)c(-c2cc(C=O)ccc2OC)c1. The van der Waals surface area contributed by atoms with Gasteiger partial charge in [0.05, 0.1) is 14.2 Å². The lowest BCUT2D eigenvalue weighted by atomic mass is 9.97. The van der Waals surface area contributed by atoms with Crippen LogP contribution in [-0.2, 0) is 6.42 Å². The van der Waals surface area contributed by atoms with Crippen LogP contribution < -0.4 is 9.47 Å². The maximum absolute atomic E-state index is 11.0. The highest BCUT2D eigenvalue weighted by molar-refractivity contribution is 5.83. The smallest absolute Gasteiger partial charge is 0.150 e. The summed E-state index contributed by atoms with van der Waals surface area (Å²) >= 11 is 0. The maximum Gasteiger partial charge on any atom is 0.150 e. The van der Waals surface area contributed by atoms with E-state index < -0.39 is 0 Å². The number of rotatable bonds is 6. The summed E-state index contributed by atoms with van der Waals surface area (Å²) in [5, 5.41) is 0. The lowest BCUT2D eigenvalue weighted by Crippen LogP contribution is -1.95. The van der Waals surface area contributed by atoms with Gasteiger partial charge in [-0.3, -0.25) is 4.79 Å². The van der Waals surface area contributed by atoms with Crippen LogP contribution in [0.5, 0.6) is 11.5 Å². The van der Waals surface area contributed by atoms with Gasteiger partial charge in [-0.25, -0.2) is 0 Å². The normalized spacial score (nSPS) is 10.2. The van der Waals surface area contributed by atoms with Crippen LogP contribution in [0, 0.1) is 0 Å². The molecule has 2 aromatic carbocycles. The summed E-state index contributed by atoms with van der Waals surface area (Å²) in [7, 11) is 3.27. The highest BCUT2D eigenvalue weighted by Crippen LogP contribution is 2.37. The number of ether oxygens (including phenoxy) is 2. The van der Waals surface area contributed by atoms with Crippen molar-refractivity contribution in [3.05, 3.63) is 47.5 Å². The summed E-state index contributed by atoms with van der Waals surface area (Å²) < 4.78 is 10.9. The molecule has 21 heavy (non-hydrogen) atoms. The molecule has 0 aliphatic rings. The quantitative estimate of drug-likeness (QED) is 0.748. The van der Waals surface area contributed by atoms with Crippen molar-refractivity contribution >= 4 is 6.29 Å². The molecule has 0 amide bonds. The first kappa shape index (κ1) is 15.1. The molecule has 0 atom stereocenters. The molecule has 0 unspecified atom stereocenters. The molecule has 2 aromatic rings. The summed E-state index contributed by atoms with van der Waals surface area (Å²) in [6.07, 6.45) is 2.93. The molecule has 0 aliphatic carbocycles. The molecule has 0 spiro atoms. The molecule has 3 heteroatoms. The van der Waals surface area contributed by atoms with Crippen molar-refractivity contribution in [2.24, 2.45) is 0 Å². The molecule has 0 aromatic heterocycles. The lowest BCUT2D eigenvalue weighted by Gasteiger charge is -2.14. The van der Waals surface area contributed by atoms with Crippen LogP contribution in [0.25, 0.3) is 11.1 Å². The van der Waals surface area contributed by atoms with Gasteiger partial charge in [-0.1, -0.05) is 19.4 Å². The average Bonchev–Trinajstić information content (AvgIpc) is 2.54. The van der Waals surface area contributed by atoms with E-state index in [9.17, 15) is 4.79 Å². The largest absolute Gasteiger partial charge is 0.496 e. The van der Waals surface area contributed by atoms with Crippen molar-refractivity contribution in [1.82, 2.24) is 0 Å². The Labute approximate surface area is 125 Å². The Hall–Kier alpha value is -2.29. The number of methoxy groups -OCH3 is 2. The van der Waals surface area contributed by atoms with Crippen LogP contribution in [-0.4, -0.2) is 20.5 Å². The third kappa shape index (κ3) is 3.24. The summed E-state index contributed by atoms with van der Waals surface area (Å²) in [4.78, 5) is 11.0. The van der Waals surface area contributed by atoms with E-state index in [0.717, 1.165) is 41.8 Å². The molecule has 2 rings (SSSR count). The van der Waals surface area contributed by atoms with E-state index in [1.807, 2.05) is 18.2 Å². The van der Waals surface area contributed by atoms with Crippen molar-refractivity contribution in [2.75, 3.05) is 14.2 Å². The van der Waals surface area contributed by atoms with Gasteiger partial charge in [0.2, 0.25) is 0 Å². The van der Waals surface area contributed by atoms with Gasteiger partial charge in [-0.15, -0.1) is 0 Å². The predicted molar refractivity (Wildman–Crippen MR) is 84.4 cm³/mol. The second-order valence-electron chi connectivity index (χ2n) is 4.86. The van der Waals surface area contributed by atoms with E-state index in [-0.39, 0.29) is 0 Å². The molecule has 0 heterocycles. The number of aldehydes is 1. The Balaban J connectivity index is 2.62. The van der Waals surface area contributed by atoms with E-state index in [2.05, 4.69) is 19.1 Å². The maximum atomic E-state index is 11.0. The van der Waals surface area contributed by atoms with Gasteiger partial charge in [0.15, 0.2) is 0 Å². The first-order chi connectivity index (χ1) is 10.2. The summed E-state index contributed by atoms with van der Waals surface area (Å²) in [5.74, 6) is 1.50. The Morgan fingerprint density at radius 2 is 1.57 bits per heavy atom. The predicted octanol–water partition coefficient (Wildman–Crippen LogP) is 4.14. The van der Waals surface area contributed by atoms with Crippen molar-refractivity contribution in [3.63, 3.8) is 0 Å². The van der Waals surface area contributed by atoms with E-state index in [1.165, 1.54) is 5.56 Å². The molecular formula is C18H20O3. The zero-order chi connectivity index (χ0) is 15.2. The lowest BCUT2D eigenvalue weighted by molar-refractivity contribution is 0.112. The van der Waals surface area contributed by atoms with Crippen LogP contribution in [0.3, 0.4) is 0 Å². The molecule has 110 valence electrons. The van der Waals surface area contributed by atoms with Gasteiger partial charge in [-0.2, -0.15) is 0 Å². The molecule has 0 saturated heterocycles. The molecule has 0 radical (unpaired) electrons. The third-order valence-corrected chi connectivity index (χ3v) is 3.45. The highest BCUT2D eigenvalue weighted by atomic mass is 16.5. The molecule has 0 N–H and O–H groups in total. The summed E-state index contributed by atoms with van der Waals surface area (Å²) in [5.41, 5.74) is 3.68. The van der Waals surface area contributed by atoms with E-state index in [4.69, 9.17) is 9.47 Å². The Bertz CT molecular complexity index is 632. The summed E-state index contributed by atoms with van der Waals surface area (Å²) in [6, 6.07) is 11.5. The number of carbonyl (C=O) groups excluding carboxylic acids is 1. The Morgan fingerprint density at radius 1 is 0.952 bits per heavy atom. The minimum Gasteiger partial charge on any atom is -0.496 e. The van der Waals surface area contributed by atoms with Crippen LogP contribution in [0.1, 0.15) is 29.3 Å².